The van der Waals surface area contributed by atoms with Crippen molar-refractivity contribution in [1.29, 1.82) is 0 Å². The molecule has 4 heteroatoms. The maximum absolute atomic E-state index is 12.3. The summed E-state index contributed by atoms with van der Waals surface area (Å²) in [5.41, 5.74) is 2.41. The van der Waals surface area contributed by atoms with Crippen molar-refractivity contribution in [2.45, 2.75) is 25.4 Å². The van der Waals surface area contributed by atoms with E-state index in [1.807, 2.05) is 12.1 Å². The highest BCUT2D eigenvalue weighted by molar-refractivity contribution is 7.98. The summed E-state index contributed by atoms with van der Waals surface area (Å²) in [6.07, 6.45) is 2.06. The second-order valence-electron chi connectivity index (χ2n) is 4.75. The molecule has 1 aromatic rings. The summed E-state index contributed by atoms with van der Waals surface area (Å²) in [4.78, 5) is 12.3. The van der Waals surface area contributed by atoms with Crippen molar-refractivity contribution in [2.24, 2.45) is 0 Å². The predicted molar refractivity (Wildman–Crippen MR) is 76.9 cm³/mol. The first-order chi connectivity index (χ1) is 8.72. The molecule has 0 bridgehead atoms. The Hall–Kier alpha value is -1.00. The van der Waals surface area contributed by atoms with E-state index in [2.05, 4.69) is 35.9 Å². The van der Waals surface area contributed by atoms with Gasteiger partial charge in [-0.1, -0.05) is 24.3 Å². The van der Waals surface area contributed by atoms with Gasteiger partial charge in [-0.2, -0.15) is 11.8 Å². The van der Waals surface area contributed by atoms with Crippen LogP contribution in [0.25, 0.3) is 0 Å². The molecule has 0 fully saturated rings. The van der Waals surface area contributed by atoms with E-state index in [1.165, 1.54) is 11.1 Å². The van der Waals surface area contributed by atoms with Gasteiger partial charge in [0.05, 0.1) is 5.92 Å². The fourth-order valence-corrected chi connectivity index (χ4v) is 2.95. The van der Waals surface area contributed by atoms with Crippen LogP contribution >= 0.6 is 11.8 Å². The normalized spacial score (nSPS) is 20.0. The van der Waals surface area contributed by atoms with Crippen molar-refractivity contribution in [3.63, 3.8) is 0 Å². The Bertz CT molecular complexity index is 422. The van der Waals surface area contributed by atoms with Crippen molar-refractivity contribution in [3.8, 4) is 0 Å². The molecule has 2 unspecified atom stereocenters. The summed E-state index contributed by atoms with van der Waals surface area (Å²) in [6.45, 7) is 3.64. The van der Waals surface area contributed by atoms with Crippen LogP contribution in [0.4, 0.5) is 0 Å². The first kappa shape index (κ1) is 13.4. The average molecular weight is 264 g/mol. The van der Waals surface area contributed by atoms with Gasteiger partial charge in [0.25, 0.3) is 0 Å². The minimum atomic E-state index is -0.0562. The number of fused-ring (bicyclic) bond motifs is 1. The van der Waals surface area contributed by atoms with Gasteiger partial charge in [0.1, 0.15) is 0 Å². The minimum Gasteiger partial charge on any atom is -0.352 e. The van der Waals surface area contributed by atoms with Gasteiger partial charge in [-0.15, -0.1) is 0 Å². The molecule has 0 radical (unpaired) electrons. The molecule has 1 aromatic carbocycles. The lowest BCUT2D eigenvalue weighted by molar-refractivity contribution is -0.123. The number of amides is 1. The molecule has 3 nitrogen and oxygen atoms in total. The molecule has 1 heterocycles. The van der Waals surface area contributed by atoms with E-state index in [0.717, 1.165) is 18.8 Å². The zero-order valence-electron chi connectivity index (χ0n) is 10.9. The van der Waals surface area contributed by atoms with Crippen LogP contribution in [0.5, 0.6) is 0 Å². The Morgan fingerprint density at radius 2 is 2.33 bits per heavy atom. The van der Waals surface area contributed by atoms with Gasteiger partial charge in [-0.3, -0.25) is 4.79 Å². The fraction of sp³-hybridized carbons (Fsp3) is 0.500. The van der Waals surface area contributed by atoms with Crippen molar-refractivity contribution in [3.05, 3.63) is 35.4 Å². The quantitative estimate of drug-likeness (QED) is 0.870. The number of carbonyl (C=O) groups is 1. The Kier molecular flexibility index (Phi) is 4.66. The molecule has 18 heavy (non-hydrogen) atoms. The molecule has 0 saturated heterocycles. The van der Waals surface area contributed by atoms with Crippen molar-refractivity contribution in [1.82, 2.24) is 10.6 Å². The molecular weight excluding hydrogens is 244 g/mol. The molecule has 0 spiro atoms. The second-order valence-corrected chi connectivity index (χ2v) is 5.66. The zero-order chi connectivity index (χ0) is 13.0. The Balaban J connectivity index is 2.08. The molecule has 98 valence electrons. The molecule has 1 amide bonds. The number of benzene rings is 1. The number of hydrogen-bond acceptors (Lipinski definition) is 3. The minimum absolute atomic E-state index is 0.0562. The van der Waals surface area contributed by atoms with E-state index in [0.29, 0.717) is 0 Å². The zero-order valence-corrected chi connectivity index (χ0v) is 11.7. The molecule has 0 aliphatic carbocycles. The average Bonchev–Trinajstić information content (AvgIpc) is 2.38. The van der Waals surface area contributed by atoms with Crippen molar-refractivity contribution >= 4 is 17.7 Å². The maximum Gasteiger partial charge on any atom is 0.229 e. The number of carbonyl (C=O) groups excluding carboxylic acids is 1. The standard InChI is InChI=1S/C14H20N2OS/c1-10(9-18-2)16-14(17)13-8-15-7-11-5-3-4-6-12(11)13/h3-6,10,13,15H,7-9H2,1-2H3,(H,16,17). The van der Waals surface area contributed by atoms with E-state index in [1.54, 1.807) is 11.8 Å². The predicted octanol–water partition coefficient (Wildman–Crippen LogP) is 1.74. The second kappa shape index (κ2) is 6.25. The molecule has 2 rings (SSSR count). The molecule has 1 aliphatic heterocycles. The van der Waals surface area contributed by atoms with Crippen LogP contribution < -0.4 is 10.6 Å². The summed E-state index contributed by atoms with van der Waals surface area (Å²) >= 11 is 1.75. The summed E-state index contributed by atoms with van der Waals surface area (Å²) in [5, 5.41) is 6.40. The lowest BCUT2D eigenvalue weighted by Crippen LogP contribution is -2.42. The Morgan fingerprint density at radius 3 is 3.11 bits per heavy atom. The van der Waals surface area contributed by atoms with Gasteiger partial charge in [0, 0.05) is 24.9 Å². The molecule has 1 aliphatic rings. The first-order valence-electron chi connectivity index (χ1n) is 6.30. The summed E-state index contributed by atoms with van der Waals surface area (Å²) in [5.74, 6) is 1.03. The number of thioether (sulfide) groups is 1. The van der Waals surface area contributed by atoms with Gasteiger partial charge in [-0.05, 0) is 24.3 Å². The summed E-state index contributed by atoms with van der Waals surface area (Å²) in [7, 11) is 0. The van der Waals surface area contributed by atoms with Gasteiger partial charge in [0.2, 0.25) is 5.91 Å². The summed E-state index contributed by atoms with van der Waals surface area (Å²) < 4.78 is 0. The number of rotatable bonds is 4. The Morgan fingerprint density at radius 1 is 1.56 bits per heavy atom. The monoisotopic (exact) mass is 264 g/mol. The van der Waals surface area contributed by atoms with E-state index in [9.17, 15) is 4.79 Å². The van der Waals surface area contributed by atoms with Gasteiger partial charge >= 0.3 is 0 Å². The van der Waals surface area contributed by atoms with Crippen molar-refractivity contribution < 1.29 is 4.79 Å². The highest BCUT2D eigenvalue weighted by Gasteiger charge is 2.26. The first-order valence-corrected chi connectivity index (χ1v) is 7.69. The highest BCUT2D eigenvalue weighted by Crippen LogP contribution is 2.23. The van der Waals surface area contributed by atoms with Crippen LogP contribution in [0.1, 0.15) is 24.0 Å². The van der Waals surface area contributed by atoms with Crippen molar-refractivity contribution in [2.75, 3.05) is 18.6 Å². The van der Waals surface area contributed by atoms with Crippen LogP contribution in [0.3, 0.4) is 0 Å². The van der Waals surface area contributed by atoms with E-state index >= 15 is 0 Å². The lowest BCUT2D eigenvalue weighted by atomic mass is 9.90. The fourth-order valence-electron chi connectivity index (χ4n) is 2.37. The molecule has 0 saturated carbocycles. The largest absolute Gasteiger partial charge is 0.352 e. The van der Waals surface area contributed by atoms with Crippen LogP contribution in [0.15, 0.2) is 24.3 Å². The number of nitrogens with one attached hydrogen (secondary N) is 2. The smallest absolute Gasteiger partial charge is 0.229 e. The SMILES string of the molecule is CSCC(C)NC(=O)C1CNCc2ccccc21. The van der Waals surface area contributed by atoms with Crippen LogP contribution in [0, 0.1) is 0 Å². The van der Waals surface area contributed by atoms with E-state index < -0.39 is 0 Å². The molecule has 2 atom stereocenters. The van der Waals surface area contributed by atoms with Crippen LogP contribution in [-0.4, -0.2) is 30.5 Å². The topological polar surface area (TPSA) is 41.1 Å². The van der Waals surface area contributed by atoms with E-state index in [-0.39, 0.29) is 17.9 Å². The highest BCUT2D eigenvalue weighted by atomic mass is 32.2. The van der Waals surface area contributed by atoms with E-state index in [4.69, 9.17) is 0 Å². The third-order valence-electron chi connectivity index (χ3n) is 3.22. The third-order valence-corrected chi connectivity index (χ3v) is 4.05. The lowest BCUT2D eigenvalue weighted by Gasteiger charge is -2.26. The molecule has 2 N–H and O–H groups in total. The van der Waals surface area contributed by atoms with Crippen LogP contribution in [0.2, 0.25) is 0 Å². The van der Waals surface area contributed by atoms with Crippen LogP contribution in [-0.2, 0) is 11.3 Å². The number of hydrogen-bond donors (Lipinski definition) is 2. The van der Waals surface area contributed by atoms with Gasteiger partial charge in [-0.25, -0.2) is 0 Å². The van der Waals surface area contributed by atoms with Gasteiger partial charge in [0.15, 0.2) is 0 Å². The Labute approximate surface area is 113 Å². The summed E-state index contributed by atoms with van der Waals surface area (Å²) in [6, 6.07) is 8.42. The van der Waals surface area contributed by atoms with Gasteiger partial charge < -0.3 is 10.6 Å². The molecular formula is C14H20N2OS. The third kappa shape index (κ3) is 3.06. The molecule has 0 aromatic heterocycles. The maximum atomic E-state index is 12.3.